The summed E-state index contributed by atoms with van der Waals surface area (Å²) in [6, 6.07) is 7.89. The molecule has 0 aliphatic carbocycles. The number of amides is 1. The van der Waals surface area contributed by atoms with Crippen LogP contribution in [0.2, 0.25) is 0 Å². The van der Waals surface area contributed by atoms with Crippen LogP contribution in [0.3, 0.4) is 0 Å². The van der Waals surface area contributed by atoms with Crippen LogP contribution in [0.15, 0.2) is 24.3 Å². The molecule has 1 amide bonds. The summed E-state index contributed by atoms with van der Waals surface area (Å²) in [6.45, 7) is 0.470. The summed E-state index contributed by atoms with van der Waals surface area (Å²) in [5, 5.41) is 0.899. The van der Waals surface area contributed by atoms with Crippen LogP contribution in [0.25, 0.3) is 10.2 Å². The highest BCUT2D eigenvalue weighted by Crippen LogP contribution is 2.24. The van der Waals surface area contributed by atoms with E-state index < -0.39 is 9.84 Å². The number of benzene rings is 1. The Kier molecular flexibility index (Phi) is 4.18. The highest BCUT2D eigenvalue weighted by Gasteiger charge is 2.30. The highest BCUT2D eigenvalue weighted by atomic mass is 32.2. The Bertz CT molecular complexity index is 765. The molecule has 1 aromatic carbocycles. The molecule has 1 fully saturated rings. The molecule has 1 aliphatic heterocycles. The van der Waals surface area contributed by atoms with Gasteiger partial charge in [0.15, 0.2) is 9.84 Å². The lowest BCUT2D eigenvalue weighted by atomic mass is 10.0. The van der Waals surface area contributed by atoms with E-state index in [1.165, 1.54) is 0 Å². The predicted molar refractivity (Wildman–Crippen MR) is 87.5 cm³/mol. The highest BCUT2D eigenvalue weighted by molar-refractivity contribution is 7.91. The molecule has 0 unspecified atom stereocenters. The molecule has 2 heterocycles. The molecule has 3 rings (SSSR count). The van der Waals surface area contributed by atoms with Crippen LogP contribution >= 0.6 is 11.3 Å². The third-order valence-electron chi connectivity index (χ3n) is 3.93. The van der Waals surface area contributed by atoms with Gasteiger partial charge in [-0.05, 0) is 24.5 Å². The second kappa shape index (κ2) is 5.96. The fourth-order valence-electron chi connectivity index (χ4n) is 2.71. The lowest BCUT2D eigenvalue weighted by Crippen LogP contribution is -2.28. The van der Waals surface area contributed by atoms with E-state index in [1.807, 2.05) is 24.3 Å². The monoisotopic (exact) mass is 338 g/mol. The maximum Gasteiger partial charge on any atom is 0.223 e. The van der Waals surface area contributed by atoms with Gasteiger partial charge in [-0.2, -0.15) is 0 Å². The van der Waals surface area contributed by atoms with Gasteiger partial charge in [-0.1, -0.05) is 12.1 Å². The van der Waals surface area contributed by atoms with E-state index in [4.69, 9.17) is 0 Å². The topological polar surface area (TPSA) is 67.3 Å². The Morgan fingerprint density at radius 1 is 1.41 bits per heavy atom. The summed E-state index contributed by atoms with van der Waals surface area (Å²) in [7, 11) is -1.18. The van der Waals surface area contributed by atoms with Crippen molar-refractivity contribution in [2.24, 2.45) is 5.92 Å². The average Bonchev–Trinajstić information content (AvgIpc) is 3.00. The standard InChI is InChI=1S/C15H18N2O3S2/c1-17(15(18)8-11-6-7-22(19,20)10-11)9-14-16-12-4-2-3-5-13(12)21-14/h2-5,11H,6-10H2,1H3/t11-/m0/s1. The van der Waals surface area contributed by atoms with Crippen molar-refractivity contribution in [2.75, 3.05) is 18.6 Å². The summed E-state index contributed by atoms with van der Waals surface area (Å²) in [4.78, 5) is 18.4. The molecule has 0 bridgehead atoms. The van der Waals surface area contributed by atoms with Crippen molar-refractivity contribution in [3.63, 3.8) is 0 Å². The molecule has 22 heavy (non-hydrogen) atoms. The molecular formula is C15H18N2O3S2. The number of aromatic nitrogens is 1. The van der Waals surface area contributed by atoms with E-state index in [0.29, 0.717) is 19.4 Å². The molecule has 7 heteroatoms. The summed E-state index contributed by atoms with van der Waals surface area (Å²) < 4.78 is 24.0. The second-order valence-electron chi connectivity index (χ2n) is 5.80. The van der Waals surface area contributed by atoms with Crippen molar-refractivity contribution in [3.05, 3.63) is 29.3 Å². The van der Waals surface area contributed by atoms with Crippen LogP contribution in [-0.4, -0.2) is 42.8 Å². The number of carbonyl (C=O) groups is 1. The third kappa shape index (κ3) is 3.47. The first kappa shape index (κ1) is 15.4. The SMILES string of the molecule is CN(Cc1nc2ccccc2s1)C(=O)C[C@@H]1CCS(=O)(=O)C1. The maximum atomic E-state index is 12.2. The molecule has 1 aromatic heterocycles. The Labute approximate surface area is 133 Å². The molecule has 2 aromatic rings. The van der Waals surface area contributed by atoms with Gasteiger partial charge in [0.2, 0.25) is 5.91 Å². The molecule has 1 aliphatic rings. The van der Waals surface area contributed by atoms with E-state index in [2.05, 4.69) is 4.98 Å². The fourth-order valence-corrected chi connectivity index (χ4v) is 5.60. The number of fused-ring (bicyclic) bond motifs is 1. The van der Waals surface area contributed by atoms with Crippen LogP contribution in [-0.2, 0) is 21.2 Å². The molecule has 0 radical (unpaired) electrons. The van der Waals surface area contributed by atoms with E-state index in [0.717, 1.165) is 15.2 Å². The van der Waals surface area contributed by atoms with Gasteiger partial charge in [0, 0.05) is 13.5 Å². The number of thiazole rings is 1. The van der Waals surface area contributed by atoms with Crippen molar-refractivity contribution in [1.29, 1.82) is 0 Å². The van der Waals surface area contributed by atoms with Crippen molar-refractivity contribution in [1.82, 2.24) is 9.88 Å². The third-order valence-corrected chi connectivity index (χ3v) is 6.78. The van der Waals surface area contributed by atoms with Gasteiger partial charge >= 0.3 is 0 Å². The fraction of sp³-hybridized carbons (Fsp3) is 0.467. The number of hydrogen-bond donors (Lipinski definition) is 0. The quantitative estimate of drug-likeness (QED) is 0.856. The van der Waals surface area contributed by atoms with Gasteiger partial charge in [-0.25, -0.2) is 13.4 Å². The molecule has 118 valence electrons. The first-order valence-electron chi connectivity index (χ1n) is 7.22. The number of carbonyl (C=O) groups excluding carboxylic acids is 1. The Balaban J connectivity index is 1.61. The molecule has 5 nitrogen and oxygen atoms in total. The van der Waals surface area contributed by atoms with Crippen LogP contribution in [0.1, 0.15) is 17.8 Å². The number of rotatable bonds is 4. The van der Waals surface area contributed by atoms with E-state index in [1.54, 1.807) is 23.3 Å². The lowest BCUT2D eigenvalue weighted by Gasteiger charge is -2.17. The molecule has 0 spiro atoms. The normalized spacial score (nSPS) is 20.3. The Morgan fingerprint density at radius 2 is 2.18 bits per heavy atom. The van der Waals surface area contributed by atoms with Gasteiger partial charge in [-0.15, -0.1) is 11.3 Å². The first-order chi connectivity index (χ1) is 10.4. The summed E-state index contributed by atoms with van der Waals surface area (Å²) in [6.07, 6.45) is 0.906. The number of hydrogen-bond acceptors (Lipinski definition) is 5. The minimum Gasteiger partial charge on any atom is -0.339 e. The van der Waals surface area contributed by atoms with Crippen molar-refractivity contribution in [2.45, 2.75) is 19.4 Å². The zero-order valence-corrected chi connectivity index (χ0v) is 14.0. The van der Waals surface area contributed by atoms with Crippen molar-refractivity contribution < 1.29 is 13.2 Å². The largest absolute Gasteiger partial charge is 0.339 e. The van der Waals surface area contributed by atoms with Crippen LogP contribution in [0, 0.1) is 5.92 Å². The molecule has 0 N–H and O–H groups in total. The summed E-state index contributed by atoms with van der Waals surface area (Å²) >= 11 is 1.58. The Hall–Kier alpha value is -1.47. The molecule has 1 saturated heterocycles. The Morgan fingerprint density at radius 3 is 2.86 bits per heavy atom. The van der Waals surface area contributed by atoms with Crippen LogP contribution in [0.4, 0.5) is 0 Å². The van der Waals surface area contributed by atoms with E-state index in [-0.39, 0.29) is 23.3 Å². The molecular weight excluding hydrogens is 320 g/mol. The van der Waals surface area contributed by atoms with Crippen molar-refractivity contribution in [3.8, 4) is 0 Å². The minimum absolute atomic E-state index is 0.0126. The van der Waals surface area contributed by atoms with Gasteiger partial charge in [0.05, 0.1) is 28.3 Å². The van der Waals surface area contributed by atoms with Crippen LogP contribution in [0.5, 0.6) is 0 Å². The number of para-hydroxylation sites is 1. The van der Waals surface area contributed by atoms with Gasteiger partial charge in [-0.3, -0.25) is 4.79 Å². The first-order valence-corrected chi connectivity index (χ1v) is 9.85. The molecule has 1 atom stereocenters. The number of sulfone groups is 1. The van der Waals surface area contributed by atoms with Crippen LogP contribution < -0.4 is 0 Å². The van der Waals surface area contributed by atoms with Gasteiger partial charge in [0.1, 0.15) is 5.01 Å². The van der Waals surface area contributed by atoms with Crippen molar-refractivity contribution >= 4 is 37.3 Å². The zero-order chi connectivity index (χ0) is 15.7. The number of nitrogens with zero attached hydrogens (tertiary/aromatic N) is 2. The smallest absolute Gasteiger partial charge is 0.223 e. The minimum atomic E-state index is -2.92. The van der Waals surface area contributed by atoms with Gasteiger partial charge < -0.3 is 4.90 Å². The summed E-state index contributed by atoms with van der Waals surface area (Å²) in [5.74, 6) is 0.317. The summed E-state index contributed by atoms with van der Waals surface area (Å²) in [5.41, 5.74) is 0.949. The predicted octanol–water partition coefficient (Wildman–Crippen LogP) is 2.08. The second-order valence-corrected chi connectivity index (χ2v) is 9.14. The zero-order valence-electron chi connectivity index (χ0n) is 12.4. The maximum absolute atomic E-state index is 12.2. The molecule has 0 saturated carbocycles. The average molecular weight is 338 g/mol. The van der Waals surface area contributed by atoms with E-state index >= 15 is 0 Å². The van der Waals surface area contributed by atoms with Gasteiger partial charge in [0.25, 0.3) is 0 Å². The van der Waals surface area contributed by atoms with E-state index in [9.17, 15) is 13.2 Å². The lowest BCUT2D eigenvalue weighted by molar-refractivity contribution is -0.131.